The highest BCUT2D eigenvalue weighted by molar-refractivity contribution is 5.27. The molecule has 2 aliphatic rings. The Morgan fingerprint density at radius 1 is 1.00 bits per heavy atom. The zero-order valence-corrected chi connectivity index (χ0v) is 13.6. The molecule has 2 heteroatoms. The van der Waals surface area contributed by atoms with E-state index in [1.54, 1.807) is 0 Å². The van der Waals surface area contributed by atoms with Gasteiger partial charge < -0.3 is 5.32 Å². The van der Waals surface area contributed by atoms with Crippen LogP contribution >= 0.6 is 0 Å². The zero-order valence-electron chi connectivity index (χ0n) is 13.6. The lowest BCUT2D eigenvalue weighted by Gasteiger charge is -2.34. The van der Waals surface area contributed by atoms with Gasteiger partial charge in [0.25, 0.3) is 0 Å². The second kappa shape index (κ2) is 6.93. The van der Waals surface area contributed by atoms with E-state index in [0.29, 0.717) is 0 Å². The van der Waals surface area contributed by atoms with E-state index in [9.17, 15) is 0 Å². The number of nitrogens with one attached hydrogen (secondary N) is 1. The lowest BCUT2D eigenvalue weighted by atomic mass is 9.86. The molecule has 0 unspecified atom stereocenters. The van der Waals surface area contributed by atoms with Crippen molar-refractivity contribution in [2.24, 2.45) is 5.92 Å². The fraction of sp³-hybridized carbons (Fsp3) is 0.684. The van der Waals surface area contributed by atoms with Crippen LogP contribution in [-0.4, -0.2) is 24.0 Å². The monoisotopic (exact) mass is 286 g/mol. The van der Waals surface area contributed by atoms with Crippen molar-refractivity contribution in [1.82, 2.24) is 10.2 Å². The number of nitrogens with zero attached hydrogens (tertiary/aromatic N) is 1. The van der Waals surface area contributed by atoms with Crippen molar-refractivity contribution in [3.63, 3.8) is 0 Å². The van der Waals surface area contributed by atoms with Crippen molar-refractivity contribution in [2.45, 2.75) is 70.6 Å². The molecular weight excluding hydrogens is 256 g/mol. The second-order valence-electron chi connectivity index (χ2n) is 7.25. The first kappa shape index (κ1) is 15.1. The first-order valence-electron chi connectivity index (χ1n) is 8.73. The van der Waals surface area contributed by atoms with Crippen LogP contribution in [0.3, 0.4) is 0 Å². The summed E-state index contributed by atoms with van der Waals surface area (Å²) in [6, 6.07) is 10.5. The summed E-state index contributed by atoms with van der Waals surface area (Å²) < 4.78 is 0. The van der Waals surface area contributed by atoms with Crippen LogP contribution in [0.25, 0.3) is 0 Å². The maximum absolute atomic E-state index is 3.65. The van der Waals surface area contributed by atoms with Crippen molar-refractivity contribution in [1.29, 1.82) is 0 Å². The molecule has 116 valence electrons. The Balaban J connectivity index is 1.57. The minimum Gasteiger partial charge on any atom is -0.310 e. The third-order valence-electron chi connectivity index (χ3n) is 5.31. The SMILES string of the molecule is CC1CCC(N(C)Cc2ccccc2CNC2CC2)CC1. The predicted molar refractivity (Wildman–Crippen MR) is 89.2 cm³/mol. The Labute approximate surface area is 129 Å². The Morgan fingerprint density at radius 3 is 2.33 bits per heavy atom. The first-order valence-corrected chi connectivity index (χ1v) is 8.73. The summed E-state index contributed by atoms with van der Waals surface area (Å²) in [6.45, 7) is 4.53. The van der Waals surface area contributed by atoms with Gasteiger partial charge in [-0.1, -0.05) is 31.2 Å². The molecule has 2 aliphatic carbocycles. The average Bonchev–Trinajstić information content (AvgIpc) is 3.31. The zero-order chi connectivity index (χ0) is 14.7. The third-order valence-corrected chi connectivity index (χ3v) is 5.31. The van der Waals surface area contributed by atoms with E-state index in [4.69, 9.17) is 0 Å². The van der Waals surface area contributed by atoms with Crippen molar-refractivity contribution >= 4 is 0 Å². The minimum absolute atomic E-state index is 0.783. The number of rotatable bonds is 6. The molecule has 0 aliphatic heterocycles. The van der Waals surface area contributed by atoms with Crippen molar-refractivity contribution in [3.8, 4) is 0 Å². The molecule has 2 fully saturated rings. The molecule has 2 nitrogen and oxygen atoms in total. The van der Waals surface area contributed by atoms with Crippen LogP contribution in [0.15, 0.2) is 24.3 Å². The van der Waals surface area contributed by atoms with Gasteiger partial charge in [-0.15, -0.1) is 0 Å². The summed E-state index contributed by atoms with van der Waals surface area (Å²) in [4.78, 5) is 2.59. The molecule has 0 atom stereocenters. The Hall–Kier alpha value is -0.860. The second-order valence-corrected chi connectivity index (χ2v) is 7.25. The molecule has 0 heterocycles. The summed E-state index contributed by atoms with van der Waals surface area (Å²) in [5.74, 6) is 0.935. The van der Waals surface area contributed by atoms with Gasteiger partial charge in [0.15, 0.2) is 0 Å². The molecule has 0 bridgehead atoms. The van der Waals surface area contributed by atoms with E-state index in [1.165, 1.54) is 49.7 Å². The van der Waals surface area contributed by atoms with Crippen LogP contribution in [0.5, 0.6) is 0 Å². The standard InChI is InChI=1S/C19H30N2/c1-15-7-11-19(12-8-15)21(2)14-17-6-4-3-5-16(17)13-20-18-9-10-18/h3-6,15,18-20H,7-14H2,1-2H3. The van der Waals surface area contributed by atoms with Gasteiger partial charge >= 0.3 is 0 Å². The Kier molecular flexibility index (Phi) is 4.97. The minimum atomic E-state index is 0.783. The van der Waals surface area contributed by atoms with Gasteiger partial charge in [0, 0.05) is 25.2 Å². The molecule has 21 heavy (non-hydrogen) atoms. The summed E-state index contributed by atoms with van der Waals surface area (Å²) in [5, 5.41) is 3.65. The van der Waals surface area contributed by atoms with Crippen LogP contribution in [0.1, 0.15) is 56.6 Å². The van der Waals surface area contributed by atoms with Crippen molar-refractivity contribution < 1.29 is 0 Å². The highest BCUT2D eigenvalue weighted by atomic mass is 15.1. The molecule has 3 rings (SSSR count). The molecule has 0 amide bonds. The molecule has 0 spiro atoms. The van der Waals surface area contributed by atoms with E-state index in [2.05, 4.69) is 48.5 Å². The molecule has 0 radical (unpaired) electrons. The highest BCUT2D eigenvalue weighted by Gasteiger charge is 2.23. The van der Waals surface area contributed by atoms with Gasteiger partial charge in [-0.3, -0.25) is 4.90 Å². The van der Waals surface area contributed by atoms with Crippen LogP contribution in [0.4, 0.5) is 0 Å². The van der Waals surface area contributed by atoms with Crippen molar-refractivity contribution in [2.75, 3.05) is 7.05 Å². The normalized spacial score (nSPS) is 26.2. The maximum Gasteiger partial charge on any atom is 0.0236 e. The highest BCUT2D eigenvalue weighted by Crippen LogP contribution is 2.27. The maximum atomic E-state index is 3.65. The van der Waals surface area contributed by atoms with Gasteiger partial charge in [0.2, 0.25) is 0 Å². The lowest BCUT2D eigenvalue weighted by Crippen LogP contribution is -2.34. The summed E-state index contributed by atoms with van der Waals surface area (Å²) in [6.07, 6.45) is 8.28. The quantitative estimate of drug-likeness (QED) is 0.852. The molecule has 0 saturated heterocycles. The van der Waals surface area contributed by atoms with Crippen LogP contribution in [0, 0.1) is 5.92 Å². The molecule has 2 saturated carbocycles. The van der Waals surface area contributed by atoms with E-state index >= 15 is 0 Å². The van der Waals surface area contributed by atoms with Gasteiger partial charge in [-0.25, -0.2) is 0 Å². The van der Waals surface area contributed by atoms with Crippen LogP contribution < -0.4 is 5.32 Å². The predicted octanol–water partition coefficient (Wildman–Crippen LogP) is 3.95. The summed E-state index contributed by atoms with van der Waals surface area (Å²) in [5.41, 5.74) is 2.99. The van der Waals surface area contributed by atoms with Crippen molar-refractivity contribution in [3.05, 3.63) is 35.4 Å². The molecular formula is C19H30N2. The average molecular weight is 286 g/mol. The fourth-order valence-corrected chi connectivity index (χ4v) is 3.51. The molecule has 0 aromatic heterocycles. The van der Waals surface area contributed by atoms with Gasteiger partial charge in [-0.05, 0) is 62.6 Å². The first-order chi connectivity index (χ1) is 10.2. The van der Waals surface area contributed by atoms with Gasteiger partial charge in [0.1, 0.15) is 0 Å². The van der Waals surface area contributed by atoms with E-state index in [-0.39, 0.29) is 0 Å². The largest absolute Gasteiger partial charge is 0.310 e. The van der Waals surface area contributed by atoms with Gasteiger partial charge in [0.05, 0.1) is 0 Å². The smallest absolute Gasteiger partial charge is 0.0236 e. The lowest BCUT2D eigenvalue weighted by molar-refractivity contribution is 0.163. The number of hydrogen-bond donors (Lipinski definition) is 1. The third kappa shape index (κ3) is 4.31. The molecule has 1 aromatic rings. The van der Waals surface area contributed by atoms with E-state index < -0.39 is 0 Å². The van der Waals surface area contributed by atoms with E-state index in [0.717, 1.165) is 31.1 Å². The van der Waals surface area contributed by atoms with Crippen LogP contribution in [0.2, 0.25) is 0 Å². The number of hydrogen-bond acceptors (Lipinski definition) is 2. The van der Waals surface area contributed by atoms with Crippen LogP contribution in [-0.2, 0) is 13.1 Å². The molecule has 1 aromatic carbocycles. The summed E-state index contributed by atoms with van der Waals surface area (Å²) in [7, 11) is 2.31. The fourth-order valence-electron chi connectivity index (χ4n) is 3.51. The topological polar surface area (TPSA) is 15.3 Å². The molecule has 1 N–H and O–H groups in total. The number of benzene rings is 1. The van der Waals surface area contributed by atoms with E-state index in [1.807, 2.05) is 0 Å². The van der Waals surface area contributed by atoms with Gasteiger partial charge in [-0.2, -0.15) is 0 Å². The summed E-state index contributed by atoms with van der Waals surface area (Å²) >= 11 is 0. The Morgan fingerprint density at radius 2 is 1.67 bits per heavy atom. The Bertz CT molecular complexity index is 445.